The fourth-order valence-electron chi connectivity index (χ4n) is 4.97. The molecular weight excluding hydrogens is 412 g/mol. The zero-order chi connectivity index (χ0) is 23.6. The van der Waals surface area contributed by atoms with Gasteiger partial charge in [-0.1, -0.05) is 17.2 Å². The summed E-state index contributed by atoms with van der Waals surface area (Å²) in [6, 6.07) is 7.27. The van der Waals surface area contributed by atoms with Crippen molar-refractivity contribution in [2.45, 2.75) is 91.3 Å². The summed E-state index contributed by atoms with van der Waals surface area (Å²) in [7, 11) is 0. The third kappa shape index (κ3) is 8.66. The third-order valence-electron chi connectivity index (χ3n) is 7.03. The molecule has 182 valence electrons. The van der Waals surface area contributed by atoms with Gasteiger partial charge in [-0.25, -0.2) is 4.79 Å². The molecule has 2 fully saturated rings. The molecule has 0 aliphatic heterocycles. The predicted molar refractivity (Wildman–Crippen MR) is 134 cm³/mol. The Morgan fingerprint density at radius 2 is 1.27 bits per heavy atom. The monoisotopic (exact) mass is 454 g/mol. The van der Waals surface area contributed by atoms with E-state index < -0.39 is 0 Å². The molecule has 2 saturated carbocycles. The molecule has 0 N–H and O–H groups in total. The highest BCUT2D eigenvalue weighted by molar-refractivity contribution is 5.89. The van der Waals surface area contributed by atoms with Gasteiger partial charge < -0.3 is 14.2 Å². The van der Waals surface area contributed by atoms with Crippen molar-refractivity contribution in [2.75, 3.05) is 13.2 Å². The zero-order valence-electron chi connectivity index (χ0n) is 21.0. The minimum atomic E-state index is -0.219. The number of rotatable bonds is 9. The molecule has 1 aromatic carbocycles. The summed E-state index contributed by atoms with van der Waals surface area (Å²) < 4.78 is 17.5. The van der Waals surface area contributed by atoms with Crippen molar-refractivity contribution in [3.8, 4) is 5.75 Å². The van der Waals surface area contributed by atoms with Crippen molar-refractivity contribution in [2.24, 2.45) is 11.8 Å². The number of ether oxygens (including phenoxy) is 3. The SMILES string of the molecule is CC(C)=CCOc1ccc(C(=O)OC2CCC(C3CCC(OCC=C(C)C)CC3)CC2)cc1. The first kappa shape index (κ1) is 25.6. The van der Waals surface area contributed by atoms with Crippen LogP contribution in [0.4, 0.5) is 0 Å². The van der Waals surface area contributed by atoms with Gasteiger partial charge >= 0.3 is 5.97 Å². The maximum absolute atomic E-state index is 12.6. The summed E-state index contributed by atoms with van der Waals surface area (Å²) in [6.45, 7) is 9.62. The Kier molecular flexibility index (Phi) is 10.1. The summed E-state index contributed by atoms with van der Waals surface area (Å²) in [5.41, 5.74) is 3.14. The van der Waals surface area contributed by atoms with Crippen LogP contribution in [0, 0.1) is 11.8 Å². The van der Waals surface area contributed by atoms with Crippen LogP contribution in [0.3, 0.4) is 0 Å². The van der Waals surface area contributed by atoms with Gasteiger partial charge in [-0.05, 0) is 121 Å². The van der Waals surface area contributed by atoms with Crippen LogP contribution in [-0.2, 0) is 9.47 Å². The van der Waals surface area contributed by atoms with E-state index in [1.807, 2.05) is 32.1 Å². The molecular formula is C29H42O4. The van der Waals surface area contributed by atoms with E-state index in [0.717, 1.165) is 37.0 Å². The van der Waals surface area contributed by atoms with E-state index in [0.29, 0.717) is 18.3 Å². The first-order valence-corrected chi connectivity index (χ1v) is 12.7. The van der Waals surface area contributed by atoms with Gasteiger partial charge in [0.1, 0.15) is 18.5 Å². The van der Waals surface area contributed by atoms with Crippen LogP contribution in [0.25, 0.3) is 0 Å². The van der Waals surface area contributed by atoms with Crippen molar-refractivity contribution in [3.05, 3.63) is 53.1 Å². The quantitative estimate of drug-likeness (QED) is 0.290. The van der Waals surface area contributed by atoms with Crippen LogP contribution in [-0.4, -0.2) is 31.4 Å². The molecule has 0 saturated heterocycles. The molecule has 33 heavy (non-hydrogen) atoms. The molecule has 4 nitrogen and oxygen atoms in total. The molecule has 0 aromatic heterocycles. The second-order valence-corrected chi connectivity index (χ2v) is 10.2. The Balaban J connectivity index is 1.36. The molecule has 0 spiro atoms. The predicted octanol–water partition coefficient (Wildman–Crippen LogP) is 7.29. The number of allylic oxidation sites excluding steroid dienone is 2. The van der Waals surface area contributed by atoms with Gasteiger partial charge in [0.25, 0.3) is 0 Å². The lowest BCUT2D eigenvalue weighted by Gasteiger charge is -2.37. The molecule has 4 heteroatoms. The van der Waals surface area contributed by atoms with Gasteiger partial charge in [-0.3, -0.25) is 0 Å². The van der Waals surface area contributed by atoms with Crippen LogP contribution >= 0.6 is 0 Å². The largest absolute Gasteiger partial charge is 0.490 e. The van der Waals surface area contributed by atoms with Crippen molar-refractivity contribution in [3.63, 3.8) is 0 Å². The average Bonchev–Trinajstić information content (AvgIpc) is 2.80. The van der Waals surface area contributed by atoms with Crippen LogP contribution in [0.5, 0.6) is 5.75 Å². The van der Waals surface area contributed by atoms with E-state index in [4.69, 9.17) is 14.2 Å². The smallest absolute Gasteiger partial charge is 0.338 e. The van der Waals surface area contributed by atoms with Crippen LogP contribution < -0.4 is 4.74 Å². The van der Waals surface area contributed by atoms with Gasteiger partial charge in [0.15, 0.2) is 0 Å². The number of esters is 1. The lowest BCUT2D eigenvalue weighted by Crippen LogP contribution is -2.31. The molecule has 0 unspecified atom stereocenters. The highest BCUT2D eigenvalue weighted by atomic mass is 16.5. The molecule has 0 bridgehead atoms. The second-order valence-electron chi connectivity index (χ2n) is 10.2. The minimum Gasteiger partial charge on any atom is -0.490 e. The van der Waals surface area contributed by atoms with E-state index in [-0.39, 0.29) is 12.1 Å². The first-order chi connectivity index (χ1) is 15.9. The van der Waals surface area contributed by atoms with Gasteiger partial charge in [0.05, 0.1) is 18.3 Å². The second kappa shape index (κ2) is 13.0. The number of carbonyl (C=O) groups is 1. The normalized spacial score (nSPS) is 25.1. The van der Waals surface area contributed by atoms with Gasteiger partial charge in [-0.15, -0.1) is 0 Å². The number of benzene rings is 1. The molecule has 2 aliphatic rings. The fraction of sp³-hybridized carbons (Fsp3) is 0.621. The Morgan fingerprint density at radius 1 is 0.758 bits per heavy atom. The average molecular weight is 455 g/mol. The lowest BCUT2D eigenvalue weighted by atomic mass is 9.72. The zero-order valence-corrected chi connectivity index (χ0v) is 21.0. The molecule has 2 aliphatic carbocycles. The van der Waals surface area contributed by atoms with Crippen molar-refractivity contribution >= 4 is 5.97 Å². The third-order valence-corrected chi connectivity index (χ3v) is 7.03. The first-order valence-electron chi connectivity index (χ1n) is 12.7. The van der Waals surface area contributed by atoms with Gasteiger partial charge in [0.2, 0.25) is 0 Å². The minimum absolute atomic E-state index is 0.0473. The lowest BCUT2D eigenvalue weighted by molar-refractivity contribution is 0.000800. The summed E-state index contributed by atoms with van der Waals surface area (Å²) in [6.07, 6.45) is 13.9. The fourth-order valence-corrected chi connectivity index (χ4v) is 4.97. The van der Waals surface area contributed by atoms with Crippen molar-refractivity contribution in [1.82, 2.24) is 0 Å². The summed E-state index contributed by atoms with van der Waals surface area (Å²) in [5, 5.41) is 0. The van der Waals surface area contributed by atoms with E-state index in [1.54, 1.807) is 12.1 Å². The Hall–Kier alpha value is -2.07. The maximum Gasteiger partial charge on any atom is 0.338 e. The van der Waals surface area contributed by atoms with Crippen LogP contribution in [0.1, 0.15) is 89.4 Å². The van der Waals surface area contributed by atoms with E-state index in [1.165, 1.54) is 49.7 Å². The topological polar surface area (TPSA) is 44.8 Å². The number of hydrogen-bond donors (Lipinski definition) is 0. The maximum atomic E-state index is 12.6. The summed E-state index contributed by atoms with van der Waals surface area (Å²) >= 11 is 0. The number of hydrogen-bond acceptors (Lipinski definition) is 4. The molecule has 0 heterocycles. The van der Waals surface area contributed by atoms with Crippen LogP contribution in [0.2, 0.25) is 0 Å². The summed E-state index contributed by atoms with van der Waals surface area (Å²) in [5.74, 6) is 2.13. The van der Waals surface area contributed by atoms with E-state index in [9.17, 15) is 4.79 Å². The van der Waals surface area contributed by atoms with E-state index >= 15 is 0 Å². The molecule has 0 atom stereocenters. The van der Waals surface area contributed by atoms with Crippen molar-refractivity contribution < 1.29 is 19.0 Å². The highest BCUT2D eigenvalue weighted by Gasteiger charge is 2.32. The molecule has 0 radical (unpaired) electrons. The Labute approximate surface area is 200 Å². The Bertz CT molecular complexity index is 783. The molecule has 3 rings (SSSR count). The van der Waals surface area contributed by atoms with E-state index in [2.05, 4.69) is 19.9 Å². The van der Waals surface area contributed by atoms with Gasteiger partial charge in [-0.2, -0.15) is 0 Å². The summed E-state index contributed by atoms with van der Waals surface area (Å²) in [4.78, 5) is 12.6. The molecule has 1 aromatic rings. The van der Waals surface area contributed by atoms with Crippen molar-refractivity contribution in [1.29, 1.82) is 0 Å². The Morgan fingerprint density at radius 3 is 1.82 bits per heavy atom. The molecule has 0 amide bonds. The highest BCUT2D eigenvalue weighted by Crippen LogP contribution is 2.39. The standard InChI is InChI=1S/C29H42O4/c1-21(2)17-19-31-26-11-5-23(6-12-26)24-7-15-28(16-8-24)33-29(30)25-9-13-27(14-10-25)32-20-18-22(3)4/h9-10,13-14,17-18,23-24,26,28H,5-8,11-12,15-16,19-20H2,1-4H3. The van der Waals surface area contributed by atoms with Crippen LogP contribution in [0.15, 0.2) is 47.6 Å². The number of carbonyl (C=O) groups excluding carboxylic acids is 1. The van der Waals surface area contributed by atoms with Gasteiger partial charge in [0, 0.05) is 0 Å².